The number of hydrogen-bond donors (Lipinski definition) is 2. The molecule has 0 radical (unpaired) electrons. The molecule has 0 aliphatic carbocycles. The molecule has 30 heavy (non-hydrogen) atoms. The summed E-state index contributed by atoms with van der Waals surface area (Å²) in [5.74, 6) is 0.752. The molecule has 6 heteroatoms. The minimum Gasteiger partial charge on any atom is -0.506 e. The summed E-state index contributed by atoms with van der Waals surface area (Å²) in [6, 6.07) is 12.7. The van der Waals surface area contributed by atoms with Gasteiger partial charge in [0, 0.05) is 19.0 Å². The van der Waals surface area contributed by atoms with Crippen LogP contribution < -0.4 is 10.1 Å². The maximum atomic E-state index is 12.6. The third-order valence-corrected chi connectivity index (χ3v) is 5.52. The molecule has 0 aromatic heterocycles. The Morgan fingerprint density at radius 3 is 2.53 bits per heavy atom. The average Bonchev–Trinajstić information content (AvgIpc) is 2.73. The van der Waals surface area contributed by atoms with Crippen LogP contribution >= 0.6 is 0 Å². The van der Waals surface area contributed by atoms with Gasteiger partial charge in [-0.1, -0.05) is 38.1 Å². The van der Waals surface area contributed by atoms with Crippen LogP contribution in [-0.2, 0) is 9.59 Å². The summed E-state index contributed by atoms with van der Waals surface area (Å²) in [6.45, 7) is 7.24. The molecule has 0 bridgehead atoms. The number of likely N-dealkylation sites (tertiary alicyclic amines) is 1. The van der Waals surface area contributed by atoms with Crippen molar-refractivity contribution in [2.45, 2.75) is 39.5 Å². The van der Waals surface area contributed by atoms with Crippen molar-refractivity contribution >= 4 is 17.5 Å². The Balaban J connectivity index is 1.50. The van der Waals surface area contributed by atoms with Crippen molar-refractivity contribution in [1.82, 2.24) is 4.90 Å². The Bertz CT molecular complexity index is 902. The molecule has 160 valence electrons. The SMILES string of the molecule is Cc1ccc(C(C)C)c(OCC(=O)N2CCC(C(=O)Nc3ccccc3O)CC2)c1. The topological polar surface area (TPSA) is 78.9 Å². The van der Waals surface area contributed by atoms with Crippen molar-refractivity contribution in [2.75, 3.05) is 25.0 Å². The van der Waals surface area contributed by atoms with Gasteiger partial charge < -0.3 is 20.1 Å². The maximum absolute atomic E-state index is 12.6. The van der Waals surface area contributed by atoms with E-state index in [1.54, 1.807) is 23.1 Å². The van der Waals surface area contributed by atoms with Gasteiger partial charge in [0.05, 0.1) is 5.69 Å². The number of ether oxygens (including phenoxy) is 1. The fraction of sp³-hybridized carbons (Fsp3) is 0.417. The molecule has 1 aliphatic rings. The molecule has 2 aromatic rings. The van der Waals surface area contributed by atoms with Crippen molar-refractivity contribution in [3.63, 3.8) is 0 Å². The number of piperidine rings is 1. The van der Waals surface area contributed by atoms with Gasteiger partial charge in [-0.25, -0.2) is 0 Å². The molecule has 1 aliphatic heterocycles. The summed E-state index contributed by atoms with van der Waals surface area (Å²) in [6.07, 6.45) is 1.18. The Hall–Kier alpha value is -3.02. The summed E-state index contributed by atoms with van der Waals surface area (Å²) in [7, 11) is 0. The Morgan fingerprint density at radius 1 is 1.17 bits per heavy atom. The molecule has 2 N–H and O–H groups in total. The summed E-state index contributed by atoms with van der Waals surface area (Å²) in [4.78, 5) is 26.9. The highest BCUT2D eigenvalue weighted by Gasteiger charge is 2.28. The number of aryl methyl sites for hydroxylation is 1. The lowest BCUT2D eigenvalue weighted by molar-refractivity contribution is -0.136. The van der Waals surface area contributed by atoms with Gasteiger partial charge >= 0.3 is 0 Å². The summed E-state index contributed by atoms with van der Waals surface area (Å²) in [5, 5.41) is 12.6. The number of nitrogens with zero attached hydrogens (tertiary/aromatic N) is 1. The molecule has 2 amide bonds. The van der Waals surface area contributed by atoms with Crippen LogP contribution in [0.1, 0.15) is 43.7 Å². The number of para-hydroxylation sites is 2. The van der Waals surface area contributed by atoms with Gasteiger partial charge in [-0.2, -0.15) is 0 Å². The van der Waals surface area contributed by atoms with Crippen LogP contribution in [0.15, 0.2) is 42.5 Å². The number of nitrogens with one attached hydrogen (secondary N) is 1. The van der Waals surface area contributed by atoms with E-state index >= 15 is 0 Å². The van der Waals surface area contributed by atoms with Gasteiger partial charge in [-0.3, -0.25) is 9.59 Å². The van der Waals surface area contributed by atoms with Crippen molar-refractivity contribution < 1.29 is 19.4 Å². The number of rotatable bonds is 6. The van der Waals surface area contributed by atoms with E-state index in [0.717, 1.165) is 16.9 Å². The number of hydrogen-bond acceptors (Lipinski definition) is 4. The lowest BCUT2D eigenvalue weighted by Gasteiger charge is -2.31. The number of benzene rings is 2. The third-order valence-electron chi connectivity index (χ3n) is 5.52. The zero-order valence-corrected chi connectivity index (χ0v) is 17.9. The lowest BCUT2D eigenvalue weighted by Crippen LogP contribution is -2.43. The fourth-order valence-corrected chi connectivity index (χ4v) is 3.68. The highest BCUT2D eigenvalue weighted by Crippen LogP contribution is 2.28. The molecule has 1 saturated heterocycles. The molecule has 0 saturated carbocycles. The highest BCUT2D eigenvalue weighted by molar-refractivity contribution is 5.94. The minimum absolute atomic E-state index is 0.00206. The predicted molar refractivity (Wildman–Crippen MR) is 117 cm³/mol. The third kappa shape index (κ3) is 5.32. The molecule has 6 nitrogen and oxygen atoms in total. The summed E-state index contributed by atoms with van der Waals surface area (Å²) < 4.78 is 5.86. The van der Waals surface area contributed by atoms with E-state index in [4.69, 9.17) is 4.74 Å². The molecule has 1 fully saturated rings. The second kappa shape index (κ2) is 9.65. The maximum Gasteiger partial charge on any atom is 0.260 e. The molecule has 0 unspecified atom stereocenters. The van der Waals surface area contributed by atoms with Crippen LogP contribution in [-0.4, -0.2) is 41.5 Å². The first-order valence-corrected chi connectivity index (χ1v) is 10.4. The minimum atomic E-state index is -0.182. The van der Waals surface area contributed by atoms with E-state index in [2.05, 4.69) is 31.3 Å². The largest absolute Gasteiger partial charge is 0.506 e. The molecular formula is C24H30N2O4. The van der Waals surface area contributed by atoms with Crippen LogP contribution in [0.2, 0.25) is 0 Å². The number of carbonyl (C=O) groups excluding carboxylic acids is 2. The fourth-order valence-electron chi connectivity index (χ4n) is 3.68. The van der Waals surface area contributed by atoms with Gasteiger partial charge in [0.2, 0.25) is 5.91 Å². The van der Waals surface area contributed by atoms with Crippen molar-refractivity contribution in [1.29, 1.82) is 0 Å². The zero-order valence-electron chi connectivity index (χ0n) is 17.9. The predicted octanol–water partition coefficient (Wildman–Crippen LogP) is 4.08. The first-order chi connectivity index (χ1) is 14.3. The quantitative estimate of drug-likeness (QED) is 0.704. The van der Waals surface area contributed by atoms with Crippen LogP contribution in [0.4, 0.5) is 5.69 Å². The van der Waals surface area contributed by atoms with Crippen LogP contribution in [0.3, 0.4) is 0 Å². The van der Waals surface area contributed by atoms with Gasteiger partial charge in [-0.05, 0) is 55.0 Å². The summed E-state index contributed by atoms with van der Waals surface area (Å²) >= 11 is 0. The Morgan fingerprint density at radius 2 is 1.87 bits per heavy atom. The number of phenols is 1. The number of amides is 2. The molecule has 0 atom stereocenters. The second-order valence-electron chi connectivity index (χ2n) is 8.15. The molecule has 1 heterocycles. The molecule has 0 spiro atoms. The molecule has 3 rings (SSSR count). The van der Waals surface area contributed by atoms with Gasteiger partial charge in [0.1, 0.15) is 11.5 Å². The average molecular weight is 411 g/mol. The number of anilines is 1. The standard InChI is InChI=1S/C24H30N2O4/c1-16(2)19-9-8-17(3)14-22(19)30-15-23(28)26-12-10-18(11-13-26)24(29)25-20-6-4-5-7-21(20)27/h4-9,14,16,18,27H,10-13,15H2,1-3H3,(H,25,29). The smallest absolute Gasteiger partial charge is 0.260 e. The lowest BCUT2D eigenvalue weighted by atomic mass is 9.95. The van der Waals surface area contributed by atoms with Crippen molar-refractivity contribution in [3.8, 4) is 11.5 Å². The van der Waals surface area contributed by atoms with E-state index < -0.39 is 0 Å². The highest BCUT2D eigenvalue weighted by atomic mass is 16.5. The monoisotopic (exact) mass is 410 g/mol. The van der Waals surface area contributed by atoms with Crippen LogP contribution in [0.25, 0.3) is 0 Å². The first kappa shape index (κ1) is 21.7. The van der Waals surface area contributed by atoms with E-state index in [1.165, 1.54) is 6.07 Å². The molecular weight excluding hydrogens is 380 g/mol. The van der Waals surface area contributed by atoms with Gasteiger partial charge in [0.25, 0.3) is 5.91 Å². The second-order valence-corrected chi connectivity index (χ2v) is 8.15. The number of phenolic OH excluding ortho intramolecular Hbond substituents is 1. The number of aromatic hydroxyl groups is 1. The van der Waals surface area contributed by atoms with Crippen LogP contribution in [0, 0.1) is 12.8 Å². The van der Waals surface area contributed by atoms with Gasteiger partial charge in [0.15, 0.2) is 6.61 Å². The van der Waals surface area contributed by atoms with E-state index in [1.807, 2.05) is 13.0 Å². The van der Waals surface area contributed by atoms with E-state index in [-0.39, 0.29) is 30.1 Å². The van der Waals surface area contributed by atoms with E-state index in [0.29, 0.717) is 37.5 Å². The zero-order chi connectivity index (χ0) is 21.7. The van der Waals surface area contributed by atoms with Crippen LogP contribution in [0.5, 0.6) is 11.5 Å². The number of carbonyl (C=O) groups is 2. The Kier molecular flexibility index (Phi) is 6.98. The van der Waals surface area contributed by atoms with Crippen molar-refractivity contribution in [2.24, 2.45) is 5.92 Å². The summed E-state index contributed by atoms with van der Waals surface area (Å²) in [5.41, 5.74) is 2.60. The molecule has 2 aromatic carbocycles. The Labute approximate surface area is 177 Å². The van der Waals surface area contributed by atoms with E-state index in [9.17, 15) is 14.7 Å². The normalized spacial score (nSPS) is 14.6. The van der Waals surface area contributed by atoms with Gasteiger partial charge in [-0.15, -0.1) is 0 Å². The first-order valence-electron chi connectivity index (χ1n) is 10.4. The van der Waals surface area contributed by atoms with Crippen molar-refractivity contribution in [3.05, 3.63) is 53.6 Å².